The quantitative estimate of drug-likeness (QED) is 0.903. The smallest absolute Gasteiger partial charge is 0.255 e. The second-order valence-electron chi connectivity index (χ2n) is 4.55. The van der Waals surface area contributed by atoms with Gasteiger partial charge < -0.3 is 10.6 Å². The van der Waals surface area contributed by atoms with E-state index in [1.165, 1.54) is 6.07 Å². The number of halogens is 1. The first-order valence-electron chi connectivity index (χ1n) is 6.23. The molecule has 0 radical (unpaired) electrons. The summed E-state index contributed by atoms with van der Waals surface area (Å²) in [6.45, 7) is 3.48. The average molecular weight is 273 g/mol. The Kier molecular flexibility index (Phi) is 3.98. The lowest BCUT2D eigenvalue weighted by atomic mass is 10.2. The first-order valence-corrected chi connectivity index (χ1v) is 6.23. The van der Waals surface area contributed by atoms with Crippen LogP contribution in [0.25, 0.3) is 0 Å². The molecule has 0 fully saturated rings. The van der Waals surface area contributed by atoms with Gasteiger partial charge >= 0.3 is 0 Å². The van der Waals surface area contributed by atoms with Crippen LogP contribution in [-0.4, -0.2) is 17.9 Å². The van der Waals surface area contributed by atoms with Crippen LogP contribution in [0.5, 0.6) is 0 Å². The van der Waals surface area contributed by atoms with Gasteiger partial charge in [-0.3, -0.25) is 4.79 Å². The molecular weight excluding hydrogens is 257 g/mol. The van der Waals surface area contributed by atoms with Crippen molar-refractivity contribution in [2.75, 3.05) is 17.7 Å². The molecule has 4 nitrogen and oxygen atoms in total. The van der Waals surface area contributed by atoms with Gasteiger partial charge in [-0.2, -0.15) is 0 Å². The van der Waals surface area contributed by atoms with Crippen molar-refractivity contribution in [3.8, 4) is 0 Å². The van der Waals surface area contributed by atoms with Crippen molar-refractivity contribution in [1.29, 1.82) is 0 Å². The van der Waals surface area contributed by atoms with E-state index in [0.29, 0.717) is 22.6 Å². The van der Waals surface area contributed by atoms with Crippen LogP contribution in [0, 0.1) is 19.7 Å². The van der Waals surface area contributed by atoms with Crippen LogP contribution < -0.4 is 10.6 Å². The van der Waals surface area contributed by atoms with Gasteiger partial charge in [-0.25, -0.2) is 9.37 Å². The topological polar surface area (TPSA) is 54.0 Å². The van der Waals surface area contributed by atoms with Gasteiger partial charge in [0.2, 0.25) is 0 Å². The molecule has 0 saturated heterocycles. The molecule has 2 rings (SSSR count). The molecule has 20 heavy (non-hydrogen) atoms. The van der Waals surface area contributed by atoms with Crippen LogP contribution in [0.3, 0.4) is 0 Å². The van der Waals surface area contributed by atoms with Gasteiger partial charge in [-0.05, 0) is 43.7 Å². The molecule has 0 aliphatic carbocycles. The van der Waals surface area contributed by atoms with E-state index in [1.54, 1.807) is 38.2 Å². The number of hydrogen-bond donors (Lipinski definition) is 2. The maximum Gasteiger partial charge on any atom is 0.255 e. The van der Waals surface area contributed by atoms with Gasteiger partial charge in [0.1, 0.15) is 11.6 Å². The lowest BCUT2D eigenvalue weighted by Crippen LogP contribution is -2.13. The largest absolute Gasteiger partial charge is 0.373 e. The number of carbonyl (C=O) groups excluding carboxylic acids is 1. The first kappa shape index (κ1) is 14.0. The summed E-state index contributed by atoms with van der Waals surface area (Å²) in [5.41, 5.74) is 2.18. The van der Waals surface area contributed by atoms with E-state index < -0.39 is 0 Å². The summed E-state index contributed by atoms with van der Waals surface area (Å²) in [6, 6.07) is 7.93. The number of pyridine rings is 1. The summed E-state index contributed by atoms with van der Waals surface area (Å²) >= 11 is 0. The summed E-state index contributed by atoms with van der Waals surface area (Å²) in [5.74, 6) is -0.0230. The van der Waals surface area contributed by atoms with E-state index in [4.69, 9.17) is 0 Å². The molecule has 0 spiro atoms. The van der Waals surface area contributed by atoms with Crippen molar-refractivity contribution in [1.82, 2.24) is 4.98 Å². The maximum atomic E-state index is 13.4. The Bertz CT molecular complexity index is 656. The molecule has 1 aromatic heterocycles. The Morgan fingerprint density at radius 1 is 1.20 bits per heavy atom. The predicted molar refractivity (Wildman–Crippen MR) is 77.6 cm³/mol. The fourth-order valence-corrected chi connectivity index (χ4v) is 1.80. The summed E-state index contributed by atoms with van der Waals surface area (Å²) < 4.78 is 13.4. The number of rotatable bonds is 3. The van der Waals surface area contributed by atoms with Crippen molar-refractivity contribution in [3.63, 3.8) is 0 Å². The van der Waals surface area contributed by atoms with Crippen LogP contribution in [0.1, 0.15) is 21.6 Å². The highest BCUT2D eigenvalue weighted by molar-refractivity contribution is 6.04. The van der Waals surface area contributed by atoms with E-state index in [1.807, 2.05) is 6.92 Å². The Morgan fingerprint density at radius 3 is 2.60 bits per heavy atom. The third-order valence-corrected chi connectivity index (χ3v) is 2.90. The molecule has 1 amide bonds. The summed E-state index contributed by atoms with van der Waals surface area (Å²) in [7, 11) is 1.73. The Hall–Kier alpha value is -2.43. The summed E-state index contributed by atoms with van der Waals surface area (Å²) in [5, 5.41) is 5.56. The lowest BCUT2D eigenvalue weighted by molar-refractivity contribution is 0.102. The highest BCUT2D eigenvalue weighted by Gasteiger charge is 2.09. The number of aryl methyl sites for hydroxylation is 2. The molecule has 1 aromatic carbocycles. The van der Waals surface area contributed by atoms with Crippen molar-refractivity contribution in [3.05, 3.63) is 53.0 Å². The Morgan fingerprint density at radius 2 is 1.95 bits per heavy atom. The van der Waals surface area contributed by atoms with E-state index in [0.717, 1.165) is 5.69 Å². The summed E-state index contributed by atoms with van der Waals surface area (Å²) in [4.78, 5) is 16.4. The minimum atomic E-state index is -0.343. The molecule has 2 N–H and O–H groups in total. The highest BCUT2D eigenvalue weighted by atomic mass is 19.1. The number of nitrogens with one attached hydrogen (secondary N) is 2. The van der Waals surface area contributed by atoms with Gasteiger partial charge in [0, 0.05) is 24.0 Å². The molecule has 0 saturated carbocycles. The number of carbonyl (C=O) groups is 1. The maximum absolute atomic E-state index is 13.4. The fraction of sp³-hybridized carbons (Fsp3) is 0.200. The molecule has 104 valence electrons. The summed E-state index contributed by atoms with van der Waals surface area (Å²) in [6.07, 6.45) is 0. The second kappa shape index (κ2) is 5.69. The van der Waals surface area contributed by atoms with Crippen molar-refractivity contribution >= 4 is 17.4 Å². The number of hydrogen-bond acceptors (Lipinski definition) is 3. The van der Waals surface area contributed by atoms with Gasteiger partial charge in [0.05, 0.1) is 0 Å². The highest BCUT2D eigenvalue weighted by Crippen LogP contribution is 2.16. The standard InChI is InChI=1S/C15H16FN3O/c1-9-4-5-12(8-13(9)16)19-15(20)11-6-10(2)18-14(7-11)17-3/h4-8H,1-3H3,(H,17,18)(H,19,20). The monoisotopic (exact) mass is 273 g/mol. The molecule has 0 aliphatic rings. The average Bonchev–Trinajstić information content (AvgIpc) is 2.42. The van der Waals surface area contributed by atoms with Crippen LogP contribution >= 0.6 is 0 Å². The Labute approximate surface area is 117 Å². The van der Waals surface area contributed by atoms with Crippen LogP contribution in [-0.2, 0) is 0 Å². The van der Waals surface area contributed by atoms with Gasteiger partial charge in [-0.1, -0.05) is 6.07 Å². The molecular formula is C15H16FN3O. The van der Waals surface area contributed by atoms with Crippen molar-refractivity contribution in [2.24, 2.45) is 0 Å². The van der Waals surface area contributed by atoms with Crippen molar-refractivity contribution < 1.29 is 9.18 Å². The van der Waals surface area contributed by atoms with E-state index in [-0.39, 0.29) is 11.7 Å². The molecule has 0 bridgehead atoms. The zero-order valence-electron chi connectivity index (χ0n) is 11.6. The van der Waals surface area contributed by atoms with Crippen molar-refractivity contribution in [2.45, 2.75) is 13.8 Å². The first-order chi connectivity index (χ1) is 9.49. The number of benzene rings is 1. The minimum absolute atomic E-state index is 0.296. The molecule has 0 aliphatic heterocycles. The van der Waals surface area contributed by atoms with Crippen LogP contribution in [0.4, 0.5) is 15.9 Å². The molecule has 2 aromatic rings. The number of aromatic nitrogens is 1. The molecule has 0 atom stereocenters. The SMILES string of the molecule is CNc1cc(C(=O)Nc2ccc(C)c(F)c2)cc(C)n1. The third-order valence-electron chi connectivity index (χ3n) is 2.90. The minimum Gasteiger partial charge on any atom is -0.373 e. The van der Waals surface area contributed by atoms with Gasteiger partial charge in [0.25, 0.3) is 5.91 Å². The zero-order chi connectivity index (χ0) is 14.7. The normalized spacial score (nSPS) is 10.2. The Balaban J connectivity index is 2.23. The number of nitrogens with zero attached hydrogens (tertiary/aromatic N) is 1. The van der Waals surface area contributed by atoms with E-state index in [9.17, 15) is 9.18 Å². The number of amides is 1. The molecule has 0 unspecified atom stereocenters. The lowest BCUT2D eigenvalue weighted by Gasteiger charge is -2.08. The van der Waals surface area contributed by atoms with Crippen LogP contribution in [0.2, 0.25) is 0 Å². The fourth-order valence-electron chi connectivity index (χ4n) is 1.80. The van der Waals surface area contributed by atoms with Gasteiger partial charge in [-0.15, -0.1) is 0 Å². The van der Waals surface area contributed by atoms with Gasteiger partial charge in [0.15, 0.2) is 0 Å². The molecule has 1 heterocycles. The number of anilines is 2. The van der Waals surface area contributed by atoms with E-state index >= 15 is 0 Å². The van der Waals surface area contributed by atoms with E-state index in [2.05, 4.69) is 15.6 Å². The molecule has 5 heteroatoms. The predicted octanol–water partition coefficient (Wildman–Crippen LogP) is 3.13. The van der Waals surface area contributed by atoms with Crippen LogP contribution in [0.15, 0.2) is 30.3 Å². The second-order valence-corrected chi connectivity index (χ2v) is 4.55. The third kappa shape index (κ3) is 3.12. The zero-order valence-corrected chi connectivity index (χ0v) is 11.6.